The number of rotatable bonds is 6. The molecule has 0 radical (unpaired) electrons. The maximum Gasteiger partial charge on any atom is 0.407 e. The number of alkyl carbamates (subject to hydrolysis) is 1. The Morgan fingerprint density at radius 3 is 2.41 bits per heavy atom. The monoisotopic (exact) mass is 247 g/mol. The first-order chi connectivity index (χ1) is 7.72. The number of amides is 1. The number of quaternary nitrogens is 1. The number of unbranched alkanes of at least 4 members (excludes halogenated alkanes) is 1. The molecule has 1 amide bonds. The van der Waals surface area contributed by atoms with Crippen molar-refractivity contribution in [3.8, 4) is 0 Å². The molecule has 17 heavy (non-hydrogen) atoms. The summed E-state index contributed by atoms with van der Waals surface area (Å²) in [6, 6.07) is -0.573. The van der Waals surface area contributed by atoms with Crippen molar-refractivity contribution >= 4 is 12.1 Å². The molecule has 0 aliphatic heterocycles. The lowest BCUT2D eigenvalue weighted by Crippen LogP contribution is -2.64. The van der Waals surface area contributed by atoms with Gasteiger partial charge >= 0.3 is 12.1 Å². The Bertz CT molecular complexity index is 261. The number of aliphatic carboxylic acids is 1. The van der Waals surface area contributed by atoms with Crippen LogP contribution in [0.1, 0.15) is 40.0 Å². The van der Waals surface area contributed by atoms with Gasteiger partial charge in [-0.2, -0.15) is 0 Å². The van der Waals surface area contributed by atoms with E-state index < -0.39 is 23.7 Å². The number of ether oxygens (including phenoxy) is 1. The molecule has 0 aromatic carbocycles. The van der Waals surface area contributed by atoms with Gasteiger partial charge in [0.25, 0.3) is 0 Å². The van der Waals surface area contributed by atoms with Gasteiger partial charge in [-0.15, -0.1) is 0 Å². The van der Waals surface area contributed by atoms with Crippen molar-refractivity contribution in [3.05, 3.63) is 0 Å². The van der Waals surface area contributed by atoms with E-state index in [1.54, 1.807) is 20.8 Å². The van der Waals surface area contributed by atoms with Crippen LogP contribution < -0.4 is 11.1 Å². The summed E-state index contributed by atoms with van der Waals surface area (Å²) in [5.41, 5.74) is 3.01. The van der Waals surface area contributed by atoms with Crippen molar-refractivity contribution in [2.75, 3.05) is 6.54 Å². The van der Waals surface area contributed by atoms with Crippen molar-refractivity contribution in [2.45, 2.75) is 51.7 Å². The first-order valence-electron chi connectivity index (χ1n) is 5.75. The van der Waals surface area contributed by atoms with Gasteiger partial charge in [-0.05, 0) is 33.6 Å². The smallest absolute Gasteiger partial charge is 0.407 e. The minimum Gasteiger partial charge on any atom is -0.477 e. The Hall–Kier alpha value is -1.30. The fourth-order valence-electron chi connectivity index (χ4n) is 1.14. The Labute approximate surface area is 102 Å². The highest BCUT2D eigenvalue weighted by atomic mass is 16.6. The second kappa shape index (κ2) is 7.11. The fourth-order valence-corrected chi connectivity index (χ4v) is 1.14. The normalized spacial score (nSPS) is 12.9. The van der Waals surface area contributed by atoms with Gasteiger partial charge in [0.05, 0.1) is 0 Å². The van der Waals surface area contributed by atoms with Crippen LogP contribution in [0, 0.1) is 0 Å². The van der Waals surface area contributed by atoms with Crippen LogP contribution >= 0.6 is 0 Å². The van der Waals surface area contributed by atoms with Crippen LogP contribution in [0.2, 0.25) is 0 Å². The van der Waals surface area contributed by atoms with E-state index >= 15 is 0 Å². The highest BCUT2D eigenvalue weighted by molar-refractivity contribution is 5.71. The maximum absolute atomic E-state index is 11.2. The van der Waals surface area contributed by atoms with Gasteiger partial charge in [0.1, 0.15) is 5.60 Å². The third-order valence-corrected chi connectivity index (χ3v) is 2.00. The topological polar surface area (TPSA) is 103 Å². The lowest BCUT2D eigenvalue weighted by molar-refractivity contribution is -0.409. The van der Waals surface area contributed by atoms with Gasteiger partial charge in [-0.3, -0.25) is 0 Å². The molecule has 5 N–H and O–H groups in total. The molecule has 1 atom stereocenters. The molecule has 6 heteroatoms. The van der Waals surface area contributed by atoms with Gasteiger partial charge in [0, 0.05) is 13.0 Å². The van der Waals surface area contributed by atoms with E-state index in [-0.39, 0.29) is 0 Å². The molecule has 0 saturated carbocycles. The van der Waals surface area contributed by atoms with E-state index in [4.69, 9.17) is 9.84 Å². The molecular formula is C11H23N2O4+. The summed E-state index contributed by atoms with van der Waals surface area (Å²) in [6.45, 7) is 5.88. The lowest BCUT2D eigenvalue weighted by Gasteiger charge is -2.19. The Balaban J connectivity index is 3.52. The molecule has 1 unspecified atom stereocenters. The van der Waals surface area contributed by atoms with E-state index in [2.05, 4.69) is 11.1 Å². The minimum absolute atomic E-state index is 0.443. The zero-order valence-corrected chi connectivity index (χ0v) is 10.8. The summed E-state index contributed by atoms with van der Waals surface area (Å²) in [6.07, 6.45) is 1.52. The third-order valence-electron chi connectivity index (χ3n) is 2.00. The summed E-state index contributed by atoms with van der Waals surface area (Å²) in [4.78, 5) is 21.7. The standard InChI is InChI=1S/C11H22N2O4/c1-11(2,3)17-10(16)13-7-5-4-6-8(12)9(14)15/h8H,4-7,12H2,1-3H3,(H,13,16)(H,14,15)/p+1. The molecule has 100 valence electrons. The molecule has 0 aromatic heterocycles. The number of carboxylic acid groups (broad SMARTS) is 1. The van der Waals surface area contributed by atoms with Crippen LogP contribution in [0.4, 0.5) is 4.79 Å². The van der Waals surface area contributed by atoms with Crippen LogP contribution in [-0.4, -0.2) is 35.4 Å². The molecule has 0 bridgehead atoms. The number of hydrogen-bond acceptors (Lipinski definition) is 3. The Kier molecular flexibility index (Phi) is 6.57. The summed E-state index contributed by atoms with van der Waals surface area (Å²) >= 11 is 0. The van der Waals surface area contributed by atoms with Crippen molar-refractivity contribution in [3.63, 3.8) is 0 Å². The first-order valence-corrected chi connectivity index (χ1v) is 5.75. The molecule has 6 nitrogen and oxygen atoms in total. The van der Waals surface area contributed by atoms with E-state index in [0.717, 1.165) is 12.8 Å². The highest BCUT2D eigenvalue weighted by Gasteiger charge is 2.16. The van der Waals surface area contributed by atoms with E-state index in [1.165, 1.54) is 0 Å². The Morgan fingerprint density at radius 2 is 1.94 bits per heavy atom. The highest BCUT2D eigenvalue weighted by Crippen LogP contribution is 2.06. The molecule has 0 aromatic rings. The average Bonchev–Trinajstić information content (AvgIpc) is 2.13. The zero-order chi connectivity index (χ0) is 13.5. The van der Waals surface area contributed by atoms with Crippen LogP contribution in [0.15, 0.2) is 0 Å². The second-order valence-electron chi connectivity index (χ2n) is 4.96. The van der Waals surface area contributed by atoms with E-state index in [0.29, 0.717) is 13.0 Å². The zero-order valence-electron chi connectivity index (χ0n) is 10.8. The van der Waals surface area contributed by atoms with Gasteiger partial charge < -0.3 is 20.9 Å². The van der Waals surface area contributed by atoms with Gasteiger partial charge in [-0.25, -0.2) is 9.59 Å². The van der Waals surface area contributed by atoms with Crippen LogP contribution in [0.3, 0.4) is 0 Å². The maximum atomic E-state index is 11.2. The van der Waals surface area contributed by atoms with Crippen LogP contribution in [-0.2, 0) is 9.53 Å². The number of hydrogen-bond donors (Lipinski definition) is 3. The lowest BCUT2D eigenvalue weighted by atomic mass is 10.1. The summed E-state index contributed by atoms with van der Waals surface area (Å²) in [7, 11) is 0. The molecule has 0 rings (SSSR count). The Morgan fingerprint density at radius 1 is 1.35 bits per heavy atom. The summed E-state index contributed by atoms with van der Waals surface area (Å²) in [5.74, 6) is -0.884. The molecule has 0 aliphatic carbocycles. The molecule has 0 heterocycles. The third kappa shape index (κ3) is 9.62. The number of carboxylic acids is 1. The van der Waals surface area contributed by atoms with Crippen molar-refractivity contribution in [2.24, 2.45) is 0 Å². The molecule has 0 saturated heterocycles. The fraction of sp³-hybridized carbons (Fsp3) is 0.818. The molecule has 0 aliphatic rings. The first kappa shape index (κ1) is 15.7. The minimum atomic E-state index is -0.884. The summed E-state index contributed by atoms with van der Waals surface area (Å²) in [5, 5.41) is 11.2. The molecule has 0 fully saturated rings. The van der Waals surface area contributed by atoms with E-state index in [1.807, 2.05) is 0 Å². The SMILES string of the molecule is CC(C)(C)OC(=O)NCCCCC([NH3+])C(=O)O. The van der Waals surface area contributed by atoms with Gasteiger partial charge in [0.15, 0.2) is 6.04 Å². The van der Waals surface area contributed by atoms with Crippen molar-refractivity contribution < 1.29 is 25.2 Å². The van der Waals surface area contributed by atoms with Gasteiger partial charge in [0.2, 0.25) is 0 Å². The van der Waals surface area contributed by atoms with Crippen molar-refractivity contribution in [1.29, 1.82) is 0 Å². The quantitative estimate of drug-likeness (QED) is 0.590. The number of carbonyl (C=O) groups is 2. The number of nitrogens with one attached hydrogen (secondary N) is 1. The molecule has 0 spiro atoms. The predicted octanol–water partition coefficient (Wildman–Crippen LogP) is 0.377. The average molecular weight is 247 g/mol. The predicted molar refractivity (Wildman–Crippen MR) is 62.4 cm³/mol. The van der Waals surface area contributed by atoms with Gasteiger partial charge in [-0.1, -0.05) is 0 Å². The number of carbonyl (C=O) groups excluding carboxylic acids is 1. The largest absolute Gasteiger partial charge is 0.477 e. The van der Waals surface area contributed by atoms with Crippen molar-refractivity contribution in [1.82, 2.24) is 5.32 Å². The second-order valence-corrected chi connectivity index (χ2v) is 4.96. The van der Waals surface area contributed by atoms with E-state index in [9.17, 15) is 9.59 Å². The van der Waals surface area contributed by atoms with Crippen LogP contribution in [0.5, 0.6) is 0 Å². The summed E-state index contributed by atoms with van der Waals surface area (Å²) < 4.78 is 5.05. The molecular weight excluding hydrogens is 224 g/mol. The van der Waals surface area contributed by atoms with Crippen LogP contribution in [0.25, 0.3) is 0 Å².